The van der Waals surface area contributed by atoms with Crippen molar-refractivity contribution >= 4 is 0 Å². The average Bonchev–Trinajstić information content (AvgIpc) is 2.38. The van der Waals surface area contributed by atoms with Gasteiger partial charge < -0.3 is 5.73 Å². The second kappa shape index (κ2) is 8.30. The van der Waals surface area contributed by atoms with Gasteiger partial charge in [0.25, 0.3) is 0 Å². The van der Waals surface area contributed by atoms with Crippen molar-refractivity contribution in [2.75, 3.05) is 6.54 Å². The number of unbranched alkanes of at least 4 members (excludes halogenated alkanes) is 3. The fourth-order valence-electron chi connectivity index (χ4n) is 2.29. The zero-order valence-electron chi connectivity index (χ0n) is 11.5. The lowest BCUT2D eigenvalue weighted by Crippen LogP contribution is -1.99. The zero-order valence-corrected chi connectivity index (χ0v) is 11.5. The molecule has 0 aliphatic rings. The fourth-order valence-corrected chi connectivity index (χ4v) is 2.29. The minimum absolute atomic E-state index is 0.839. The highest BCUT2D eigenvalue weighted by atomic mass is 14.5. The molecular weight excluding hydrogens is 206 g/mol. The van der Waals surface area contributed by atoms with Crippen LogP contribution in [0.2, 0.25) is 0 Å². The molecule has 1 nitrogen and oxygen atoms in total. The van der Waals surface area contributed by atoms with Crippen LogP contribution in [0.1, 0.15) is 56.2 Å². The Bertz CT molecular complexity index is 317. The van der Waals surface area contributed by atoms with Crippen LogP contribution < -0.4 is 5.73 Å². The molecule has 0 unspecified atom stereocenters. The normalized spacial score (nSPS) is 10.8. The molecule has 0 amide bonds. The molecule has 0 radical (unpaired) electrons. The Hall–Kier alpha value is -0.820. The van der Waals surface area contributed by atoms with Gasteiger partial charge in [-0.2, -0.15) is 0 Å². The molecule has 17 heavy (non-hydrogen) atoms. The number of hydrogen-bond donors (Lipinski definition) is 1. The van der Waals surface area contributed by atoms with Gasteiger partial charge in [-0.25, -0.2) is 0 Å². The minimum Gasteiger partial charge on any atom is -0.330 e. The van der Waals surface area contributed by atoms with Crippen molar-refractivity contribution in [3.8, 4) is 0 Å². The van der Waals surface area contributed by atoms with E-state index in [0.29, 0.717) is 0 Å². The second-order valence-electron chi connectivity index (χ2n) is 4.76. The Morgan fingerprint density at radius 2 is 1.65 bits per heavy atom. The second-order valence-corrected chi connectivity index (χ2v) is 4.76. The summed E-state index contributed by atoms with van der Waals surface area (Å²) in [6.07, 6.45) is 8.62. The molecular formula is C16H27N. The lowest BCUT2D eigenvalue weighted by atomic mass is 9.96. The number of rotatable bonds is 8. The Morgan fingerprint density at radius 3 is 2.29 bits per heavy atom. The quantitative estimate of drug-likeness (QED) is 0.678. The summed E-state index contributed by atoms with van der Waals surface area (Å²) < 4.78 is 0. The smallest absolute Gasteiger partial charge is 0.00773 e. The van der Waals surface area contributed by atoms with Crippen molar-refractivity contribution in [1.29, 1.82) is 0 Å². The fraction of sp³-hybridized carbons (Fsp3) is 0.625. The first-order chi connectivity index (χ1) is 8.31. The third kappa shape index (κ3) is 4.91. The highest BCUT2D eigenvalue weighted by Crippen LogP contribution is 2.16. The number of nitrogens with two attached hydrogens (primary N) is 1. The Labute approximate surface area is 106 Å². The van der Waals surface area contributed by atoms with Crippen LogP contribution in [0, 0.1) is 0 Å². The molecule has 1 aromatic carbocycles. The Kier molecular flexibility index (Phi) is 6.95. The molecule has 96 valence electrons. The standard InChI is InChI=1S/C16H27N/c1-3-14-10-11-15(4-2)16(13-14)9-7-5-6-8-12-17/h10-11,13H,3-9,12,17H2,1-2H3. The summed E-state index contributed by atoms with van der Waals surface area (Å²) in [4.78, 5) is 0. The van der Waals surface area contributed by atoms with Gasteiger partial charge in [0.05, 0.1) is 0 Å². The first-order valence-corrected chi connectivity index (χ1v) is 7.12. The van der Waals surface area contributed by atoms with Gasteiger partial charge in [0.15, 0.2) is 0 Å². The van der Waals surface area contributed by atoms with E-state index in [1.165, 1.54) is 43.2 Å². The molecule has 0 spiro atoms. The van der Waals surface area contributed by atoms with Crippen LogP contribution in [0.15, 0.2) is 18.2 Å². The lowest BCUT2D eigenvalue weighted by molar-refractivity contribution is 0.645. The van der Waals surface area contributed by atoms with Crippen molar-refractivity contribution in [1.82, 2.24) is 0 Å². The van der Waals surface area contributed by atoms with Crippen molar-refractivity contribution < 1.29 is 0 Å². The van der Waals surface area contributed by atoms with Crippen LogP contribution in [0.3, 0.4) is 0 Å². The summed E-state index contributed by atoms with van der Waals surface area (Å²) in [6.45, 7) is 5.32. The molecule has 0 saturated carbocycles. The molecule has 1 heteroatoms. The number of benzene rings is 1. The van der Waals surface area contributed by atoms with E-state index in [2.05, 4.69) is 32.0 Å². The average molecular weight is 233 g/mol. The highest BCUT2D eigenvalue weighted by Gasteiger charge is 2.02. The molecule has 0 aliphatic heterocycles. The first kappa shape index (κ1) is 14.2. The van der Waals surface area contributed by atoms with Crippen molar-refractivity contribution in [3.63, 3.8) is 0 Å². The van der Waals surface area contributed by atoms with Crippen molar-refractivity contribution in [3.05, 3.63) is 34.9 Å². The molecule has 0 bridgehead atoms. The molecule has 0 aliphatic carbocycles. The van der Waals surface area contributed by atoms with Crippen LogP contribution in [-0.4, -0.2) is 6.54 Å². The monoisotopic (exact) mass is 233 g/mol. The lowest BCUT2D eigenvalue weighted by Gasteiger charge is -2.10. The van der Waals surface area contributed by atoms with Crippen molar-refractivity contribution in [2.45, 2.75) is 58.8 Å². The van der Waals surface area contributed by atoms with Gasteiger partial charge in [0.2, 0.25) is 0 Å². The number of aryl methyl sites for hydroxylation is 3. The van der Waals surface area contributed by atoms with Gasteiger partial charge in [-0.05, 0) is 55.3 Å². The van der Waals surface area contributed by atoms with E-state index in [-0.39, 0.29) is 0 Å². The molecule has 0 atom stereocenters. The largest absolute Gasteiger partial charge is 0.330 e. The maximum atomic E-state index is 5.51. The van der Waals surface area contributed by atoms with Crippen LogP contribution in [0.4, 0.5) is 0 Å². The molecule has 2 N–H and O–H groups in total. The predicted octanol–water partition coefficient (Wildman–Crippen LogP) is 3.87. The van der Waals surface area contributed by atoms with Crippen LogP contribution >= 0.6 is 0 Å². The highest BCUT2D eigenvalue weighted by molar-refractivity contribution is 5.32. The molecule has 1 aromatic rings. The van der Waals surface area contributed by atoms with Gasteiger partial charge in [-0.1, -0.05) is 44.9 Å². The van der Waals surface area contributed by atoms with E-state index in [1.807, 2.05) is 0 Å². The predicted molar refractivity (Wildman–Crippen MR) is 76.4 cm³/mol. The molecule has 0 heterocycles. The Morgan fingerprint density at radius 1 is 0.882 bits per heavy atom. The topological polar surface area (TPSA) is 26.0 Å². The van der Waals surface area contributed by atoms with Crippen LogP contribution in [0.5, 0.6) is 0 Å². The van der Waals surface area contributed by atoms with Crippen LogP contribution in [-0.2, 0) is 19.3 Å². The zero-order chi connectivity index (χ0) is 12.5. The summed E-state index contributed by atoms with van der Waals surface area (Å²) in [5.74, 6) is 0. The number of hydrogen-bond acceptors (Lipinski definition) is 1. The molecule has 1 rings (SSSR count). The van der Waals surface area contributed by atoms with Gasteiger partial charge in [0, 0.05) is 0 Å². The van der Waals surface area contributed by atoms with Gasteiger partial charge in [-0.15, -0.1) is 0 Å². The van der Waals surface area contributed by atoms with E-state index < -0.39 is 0 Å². The summed E-state index contributed by atoms with van der Waals surface area (Å²) in [5, 5.41) is 0. The first-order valence-electron chi connectivity index (χ1n) is 7.12. The van der Waals surface area contributed by atoms with Gasteiger partial charge >= 0.3 is 0 Å². The minimum atomic E-state index is 0.839. The molecule has 0 fully saturated rings. The van der Waals surface area contributed by atoms with E-state index in [1.54, 1.807) is 5.56 Å². The summed E-state index contributed by atoms with van der Waals surface area (Å²) in [6, 6.07) is 6.99. The maximum Gasteiger partial charge on any atom is -0.00773 e. The third-order valence-corrected chi connectivity index (χ3v) is 3.46. The Balaban J connectivity index is 2.49. The maximum absolute atomic E-state index is 5.51. The van der Waals surface area contributed by atoms with Gasteiger partial charge in [-0.3, -0.25) is 0 Å². The van der Waals surface area contributed by atoms with Gasteiger partial charge in [0.1, 0.15) is 0 Å². The molecule has 0 saturated heterocycles. The van der Waals surface area contributed by atoms with Crippen molar-refractivity contribution in [2.24, 2.45) is 5.73 Å². The summed E-state index contributed by atoms with van der Waals surface area (Å²) >= 11 is 0. The third-order valence-electron chi connectivity index (χ3n) is 3.46. The summed E-state index contributed by atoms with van der Waals surface area (Å²) in [7, 11) is 0. The van der Waals surface area contributed by atoms with E-state index in [4.69, 9.17) is 5.73 Å². The summed E-state index contributed by atoms with van der Waals surface area (Å²) in [5.41, 5.74) is 10.1. The SMILES string of the molecule is CCc1ccc(CC)c(CCCCCCN)c1. The van der Waals surface area contributed by atoms with E-state index in [0.717, 1.165) is 19.4 Å². The van der Waals surface area contributed by atoms with Crippen LogP contribution in [0.25, 0.3) is 0 Å². The molecule has 0 aromatic heterocycles. The van der Waals surface area contributed by atoms with E-state index in [9.17, 15) is 0 Å². The van der Waals surface area contributed by atoms with E-state index >= 15 is 0 Å².